The van der Waals surface area contributed by atoms with Crippen molar-refractivity contribution in [3.63, 3.8) is 0 Å². The van der Waals surface area contributed by atoms with Crippen molar-refractivity contribution in [2.24, 2.45) is 22.7 Å². The minimum atomic E-state index is -3.70. The van der Waals surface area contributed by atoms with Crippen LogP contribution in [0, 0.1) is 22.7 Å². The number of ketones is 1. The molecule has 0 aliphatic carbocycles. The van der Waals surface area contributed by atoms with Crippen molar-refractivity contribution in [2.45, 2.75) is 85.5 Å². The van der Waals surface area contributed by atoms with Crippen molar-refractivity contribution >= 4 is 26.8 Å². The predicted octanol–water partition coefficient (Wildman–Crippen LogP) is 7.54. The van der Waals surface area contributed by atoms with E-state index in [0.29, 0.717) is 31.5 Å². The lowest BCUT2D eigenvalue weighted by Crippen LogP contribution is -2.41. The van der Waals surface area contributed by atoms with Gasteiger partial charge in [-0.1, -0.05) is 54.5 Å². The molecule has 2 aromatic heterocycles. The summed E-state index contributed by atoms with van der Waals surface area (Å²) in [6.07, 6.45) is 8.74. The summed E-state index contributed by atoms with van der Waals surface area (Å²) in [5.74, 6) is 0.649. The van der Waals surface area contributed by atoms with E-state index in [1.165, 1.54) is 0 Å². The van der Waals surface area contributed by atoms with Gasteiger partial charge >= 0.3 is 0 Å². The van der Waals surface area contributed by atoms with E-state index in [0.717, 1.165) is 30.2 Å². The minimum absolute atomic E-state index is 0.0413. The van der Waals surface area contributed by atoms with Crippen molar-refractivity contribution < 1.29 is 17.6 Å². The number of Topliss-reactive ketones (excluding diaryl/α,β-unsaturated/α-hetero) is 1. The van der Waals surface area contributed by atoms with Crippen LogP contribution in [0.2, 0.25) is 0 Å². The first-order valence-corrected chi connectivity index (χ1v) is 15.5. The summed E-state index contributed by atoms with van der Waals surface area (Å²) in [6.45, 7) is 15.5. The molecule has 0 radical (unpaired) electrons. The van der Waals surface area contributed by atoms with Crippen LogP contribution < -0.4 is 0 Å². The Hall–Kier alpha value is -2.51. The molecule has 3 aromatic rings. The molecule has 6 nitrogen and oxygen atoms in total. The Bertz CT molecular complexity index is 1320. The molecule has 0 aliphatic rings. The summed E-state index contributed by atoms with van der Waals surface area (Å²) in [5.41, 5.74) is 1.48. The Morgan fingerprint density at radius 1 is 1.08 bits per heavy atom. The Balaban J connectivity index is 1.76. The van der Waals surface area contributed by atoms with E-state index in [2.05, 4.69) is 45.7 Å². The molecule has 0 bridgehead atoms. The van der Waals surface area contributed by atoms with Crippen molar-refractivity contribution in [2.75, 3.05) is 13.1 Å². The highest BCUT2D eigenvalue weighted by atomic mass is 32.2. The van der Waals surface area contributed by atoms with E-state index in [1.807, 2.05) is 26.1 Å². The molecule has 0 amide bonds. The van der Waals surface area contributed by atoms with Gasteiger partial charge in [0.1, 0.15) is 11.4 Å². The Kier molecular flexibility index (Phi) is 10.2. The number of sulfonamides is 1. The zero-order valence-corrected chi connectivity index (χ0v) is 25.6. The molecule has 0 spiro atoms. The fourth-order valence-electron chi connectivity index (χ4n) is 5.17. The second-order valence-electron chi connectivity index (χ2n) is 13.4. The molecule has 0 fully saturated rings. The highest BCUT2D eigenvalue weighted by molar-refractivity contribution is 7.89. The number of benzene rings is 1. The molecular weight excluding hydrogens is 508 g/mol. The fourth-order valence-corrected chi connectivity index (χ4v) is 7.00. The molecule has 3 rings (SSSR count). The first kappa shape index (κ1) is 31.0. The molecule has 2 heterocycles. The Labute approximate surface area is 235 Å². The molecule has 1 unspecified atom stereocenters. The van der Waals surface area contributed by atoms with Crippen LogP contribution in [0.15, 0.2) is 64.4 Å². The number of nitrogens with zero attached hydrogens (tertiary/aromatic N) is 2. The monoisotopic (exact) mass is 554 g/mol. The average molecular weight is 555 g/mol. The number of carbonyl (C=O) groups excluding carboxylic acids is 1. The van der Waals surface area contributed by atoms with Crippen LogP contribution in [0.25, 0.3) is 11.0 Å². The number of aromatic nitrogens is 1. The maximum absolute atomic E-state index is 13.8. The third-order valence-electron chi connectivity index (χ3n) is 6.96. The summed E-state index contributed by atoms with van der Waals surface area (Å²) < 4.78 is 34.7. The van der Waals surface area contributed by atoms with Crippen LogP contribution in [-0.4, -0.2) is 36.6 Å². The maximum atomic E-state index is 13.8. The van der Waals surface area contributed by atoms with Gasteiger partial charge in [0, 0.05) is 43.7 Å². The van der Waals surface area contributed by atoms with Crippen molar-refractivity contribution in [3.8, 4) is 0 Å². The van der Waals surface area contributed by atoms with Crippen LogP contribution in [0.5, 0.6) is 0 Å². The van der Waals surface area contributed by atoms with Crippen molar-refractivity contribution in [1.82, 2.24) is 9.29 Å². The fraction of sp³-hybridized carbons (Fsp3) is 0.562. The van der Waals surface area contributed by atoms with Crippen molar-refractivity contribution in [3.05, 3.63) is 60.6 Å². The molecule has 0 aliphatic heterocycles. The molecular formula is C32H46N2O4S. The number of pyridine rings is 1. The van der Waals surface area contributed by atoms with E-state index >= 15 is 0 Å². The smallest absolute Gasteiger partial charge is 0.243 e. The van der Waals surface area contributed by atoms with E-state index in [4.69, 9.17) is 4.42 Å². The SMILES string of the molecule is CC(C)CN(CC(C)(C)CCC(CC(=O)CC(C)(C)C)Cc1cccnc1)S(=O)(=O)c1ccc2occc2c1. The summed E-state index contributed by atoms with van der Waals surface area (Å²) in [6, 6.07) is 10.8. The van der Waals surface area contributed by atoms with Gasteiger partial charge in [-0.3, -0.25) is 9.78 Å². The van der Waals surface area contributed by atoms with Crippen LogP contribution >= 0.6 is 0 Å². The first-order chi connectivity index (χ1) is 18.1. The van der Waals surface area contributed by atoms with Gasteiger partial charge in [0.05, 0.1) is 11.2 Å². The van der Waals surface area contributed by atoms with Gasteiger partial charge < -0.3 is 4.42 Å². The van der Waals surface area contributed by atoms with Gasteiger partial charge in [-0.15, -0.1) is 0 Å². The minimum Gasteiger partial charge on any atom is -0.464 e. The second kappa shape index (κ2) is 12.8. The Morgan fingerprint density at radius 3 is 2.46 bits per heavy atom. The van der Waals surface area contributed by atoms with E-state index < -0.39 is 10.0 Å². The zero-order valence-electron chi connectivity index (χ0n) is 24.7. The average Bonchev–Trinajstić information content (AvgIpc) is 3.29. The number of hydrogen-bond donors (Lipinski definition) is 0. The quantitative estimate of drug-likeness (QED) is 0.206. The van der Waals surface area contributed by atoms with Gasteiger partial charge in [0.2, 0.25) is 10.0 Å². The van der Waals surface area contributed by atoms with Gasteiger partial charge in [-0.2, -0.15) is 4.31 Å². The lowest BCUT2D eigenvalue weighted by atomic mass is 9.80. The van der Waals surface area contributed by atoms with E-state index in [9.17, 15) is 13.2 Å². The van der Waals surface area contributed by atoms with Gasteiger partial charge in [0.25, 0.3) is 0 Å². The summed E-state index contributed by atoms with van der Waals surface area (Å²) in [5, 5.41) is 0.776. The molecule has 0 saturated heterocycles. The number of fused-ring (bicyclic) bond motifs is 1. The predicted molar refractivity (Wildman–Crippen MR) is 158 cm³/mol. The second-order valence-corrected chi connectivity index (χ2v) is 15.4. The van der Waals surface area contributed by atoms with Gasteiger partial charge in [-0.25, -0.2) is 8.42 Å². The molecule has 214 valence electrons. The Morgan fingerprint density at radius 2 is 1.82 bits per heavy atom. The topological polar surface area (TPSA) is 80.5 Å². The van der Waals surface area contributed by atoms with E-state index in [1.54, 1.807) is 41.0 Å². The molecule has 1 atom stereocenters. The van der Waals surface area contributed by atoms with Crippen LogP contribution in [-0.2, 0) is 21.2 Å². The molecule has 0 N–H and O–H groups in total. The summed E-state index contributed by atoms with van der Waals surface area (Å²) in [7, 11) is -3.70. The number of furan rings is 1. The highest BCUT2D eigenvalue weighted by Crippen LogP contribution is 2.33. The summed E-state index contributed by atoms with van der Waals surface area (Å²) in [4.78, 5) is 17.5. The van der Waals surface area contributed by atoms with Gasteiger partial charge in [0.15, 0.2) is 0 Å². The number of carbonyl (C=O) groups is 1. The third kappa shape index (κ3) is 9.57. The van der Waals surface area contributed by atoms with Crippen LogP contribution in [0.4, 0.5) is 0 Å². The standard InChI is InChI=1S/C32H46N2O4S/c1-24(2)22-34(39(36,37)29-10-11-30-27(19-29)13-16-38-30)23-32(6,7)14-12-25(17-26-9-8-15-33-21-26)18-28(35)20-31(3,4)5/h8-11,13,15-16,19,21,24-25H,12,14,17-18,20,22-23H2,1-7H3. The maximum Gasteiger partial charge on any atom is 0.243 e. The molecule has 1 aromatic carbocycles. The summed E-state index contributed by atoms with van der Waals surface area (Å²) >= 11 is 0. The zero-order chi connectivity index (χ0) is 28.8. The number of rotatable bonds is 14. The van der Waals surface area contributed by atoms with Gasteiger partial charge in [-0.05, 0) is 77.8 Å². The third-order valence-corrected chi connectivity index (χ3v) is 8.76. The normalized spacial score (nSPS) is 13.9. The van der Waals surface area contributed by atoms with Crippen LogP contribution in [0.1, 0.15) is 79.7 Å². The molecule has 7 heteroatoms. The lowest BCUT2D eigenvalue weighted by molar-refractivity contribution is -0.121. The molecule has 0 saturated carbocycles. The largest absolute Gasteiger partial charge is 0.464 e. The number of hydrogen-bond acceptors (Lipinski definition) is 5. The van der Waals surface area contributed by atoms with Crippen molar-refractivity contribution in [1.29, 1.82) is 0 Å². The first-order valence-electron chi connectivity index (χ1n) is 14.0. The molecule has 39 heavy (non-hydrogen) atoms. The van der Waals surface area contributed by atoms with E-state index in [-0.39, 0.29) is 33.3 Å². The highest BCUT2D eigenvalue weighted by Gasteiger charge is 2.32. The van der Waals surface area contributed by atoms with Crippen LogP contribution in [0.3, 0.4) is 0 Å². The lowest BCUT2D eigenvalue weighted by Gasteiger charge is -2.34.